The second-order valence-corrected chi connectivity index (χ2v) is 6.32. The highest BCUT2D eigenvalue weighted by molar-refractivity contribution is 8.26. The van der Waals surface area contributed by atoms with Gasteiger partial charge in [0.05, 0.1) is 4.91 Å². The monoisotopic (exact) mass is 325 g/mol. The first-order valence-corrected chi connectivity index (χ1v) is 7.72. The van der Waals surface area contributed by atoms with Crippen molar-refractivity contribution in [3.8, 4) is 0 Å². The van der Waals surface area contributed by atoms with Gasteiger partial charge in [0.1, 0.15) is 21.9 Å². The summed E-state index contributed by atoms with van der Waals surface area (Å²) >= 11 is 6.26. The van der Waals surface area contributed by atoms with Crippen molar-refractivity contribution in [1.29, 1.82) is 0 Å². The molecule has 0 saturated carbocycles. The Hall–Kier alpha value is -1.60. The average Bonchev–Trinajstić information content (AvgIpc) is 2.93. The van der Waals surface area contributed by atoms with Gasteiger partial charge in [-0.05, 0) is 25.5 Å². The average molecular weight is 325 g/mol. The van der Waals surface area contributed by atoms with Gasteiger partial charge < -0.3 is 9.52 Å². The Morgan fingerprint density at radius 3 is 2.81 bits per heavy atom. The Labute approximate surface area is 132 Å². The minimum absolute atomic E-state index is 0.273. The molecule has 112 valence electrons. The fourth-order valence-electron chi connectivity index (χ4n) is 2.05. The summed E-state index contributed by atoms with van der Waals surface area (Å²) in [4.78, 5) is 25.3. The van der Waals surface area contributed by atoms with Crippen LogP contribution >= 0.6 is 24.0 Å². The summed E-state index contributed by atoms with van der Waals surface area (Å²) in [6, 6.07) is 2.64. The summed E-state index contributed by atoms with van der Waals surface area (Å²) in [7, 11) is 0. The summed E-state index contributed by atoms with van der Waals surface area (Å²) in [5.74, 6) is -0.121. The number of carboxylic acids is 1. The van der Waals surface area contributed by atoms with Crippen LogP contribution in [-0.2, 0) is 9.59 Å². The van der Waals surface area contributed by atoms with E-state index in [1.165, 1.54) is 4.90 Å². The topological polar surface area (TPSA) is 70.8 Å². The Bertz CT molecular complexity index is 620. The first kappa shape index (κ1) is 15.8. The van der Waals surface area contributed by atoms with Crippen molar-refractivity contribution in [1.82, 2.24) is 4.90 Å². The van der Waals surface area contributed by atoms with Crippen LogP contribution in [-0.4, -0.2) is 32.2 Å². The molecule has 1 aliphatic rings. The van der Waals surface area contributed by atoms with Gasteiger partial charge in [-0.2, -0.15) is 0 Å². The number of carboxylic acid groups (broad SMARTS) is 1. The molecular weight excluding hydrogens is 310 g/mol. The molecule has 0 bridgehead atoms. The summed E-state index contributed by atoms with van der Waals surface area (Å²) in [6.45, 7) is 3.68. The zero-order chi connectivity index (χ0) is 15.6. The molecule has 0 aliphatic carbocycles. The lowest BCUT2D eigenvalue weighted by atomic mass is 10.1. The molecule has 1 N–H and O–H groups in total. The van der Waals surface area contributed by atoms with E-state index in [1.54, 1.807) is 18.2 Å². The van der Waals surface area contributed by atoms with Gasteiger partial charge in [0.15, 0.2) is 0 Å². The van der Waals surface area contributed by atoms with Crippen LogP contribution in [0, 0.1) is 6.92 Å². The second kappa shape index (κ2) is 6.44. The molecule has 1 aromatic rings. The number of thiocarbonyl (C=S) groups is 1. The van der Waals surface area contributed by atoms with Crippen LogP contribution in [0.5, 0.6) is 0 Å². The van der Waals surface area contributed by atoms with Crippen molar-refractivity contribution < 1.29 is 19.1 Å². The summed E-state index contributed by atoms with van der Waals surface area (Å²) in [5, 5.41) is 9.28. The van der Waals surface area contributed by atoms with Crippen molar-refractivity contribution in [3.05, 3.63) is 28.6 Å². The van der Waals surface area contributed by atoms with Crippen molar-refractivity contribution in [2.24, 2.45) is 0 Å². The molecule has 2 heterocycles. The van der Waals surface area contributed by atoms with Gasteiger partial charge in [-0.1, -0.05) is 37.3 Å². The molecule has 5 nitrogen and oxygen atoms in total. The third-order valence-electron chi connectivity index (χ3n) is 3.02. The number of amides is 1. The predicted molar refractivity (Wildman–Crippen MR) is 84.8 cm³/mol. The number of rotatable bonds is 5. The van der Waals surface area contributed by atoms with Crippen LogP contribution in [0.25, 0.3) is 6.08 Å². The summed E-state index contributed by atoms with van der Waals surface area (Å²) < 4.78 is 5.67. The molecule has 0 radical (unpaired) electrons. The quantitative estimate of drug-likeness (QED) is 0.663. The number of furan rings is 1. The molecule has 1 atom stereocenters. The molecule has 1 unspecified atom stereocenters. The largest absolute Gasteiger partial charge is 0.480 e. The molecule has 1 aromatic heterocycles. The first-order chi connectivity index (χ1) is 9.93. The lowest BCUT2D eigenvalue weighted by molar-refractivity contribution is -0.145. The SMILES string of the molecule is CCCC(C(=O)O)N1C(=O)/C(=C\c2ccc(C)o2)SC1=S. The highest BCUT2D eigenvalue weighted by Crippen LogP contribution is 2.35. The van der Waals surface area contributed by atoms with Gasteiger partial charge in [-0.25, -0.2) is 4.79 Å². The Balaban J connectivity index is 2.27. The summed E-state index contributed by atoms with van der Waals surface area (Å²) in [5.41, 5.74) is 0. The predicted octanol–water partition coefficient (Wildman–Crippen LogP) is 3.04. The maximum atomic E-state index is 12.4. The standard InChI is InChI=1S/C14H15NO4S2/c1-3-4-10(13(17)18)15-12(16)11(21-14(15)20)7-9-6-5-8(2)19-9/h5-7,10H,3-4H2,1-2H3,(H,17,18)/b11-7+. The van der Waals surface area contributed by atoms with Crippen LogP contribution in [0.2, 0.25) is 0 Å². The maximum Gasteiger partial charge on any atom is 0.326 e. The van der Waals surface area contributed by atoms with E-state index in [4.69, 9.17) is 16.6 Å². The molecule has 1 fully saturated rings. The molecule has 1 amide bonds. The van der Waals surface area contributed by atoms with E-state index in [2.05, 4.69) is 0 Å². The minimum atomic E-state index is -1.04. The molecule has 2 rings (SSSR count). The molecule has 21 heavy (non-hydrogen) atoms. The van der Waals surface area contributed by atoms with Crippen LogP contribution in [0.1, 0.15) is 31.3 Å². The van der Waals surface area contributed by atoms with Gasteiger partial charge >= 0.3 is 5.97 Å². The van der Waals surface area contributed by atoms with E-state index in [9.17, 15) is 14.7 Å². The smallest absolute Gasteiger partial charge is 0.326 e. The van der Waals surface area contributed by atoms with Gasteiger partial charge in [0.2, 0.25) is 0 Å². The molecule has 0 aromatic carbocycles. The third kappa shape index (κ3) is 3.36. The lowest BCUT2D eigenvalue weighted by Crippen LogP contribution is -2.43. The van der Waals surface area contributed by atoms with E-state index < -0.39 is 12.0 Å². The van der Waals surface area contributed by atoms with Crippen molar-refractivity contribution in [2.75, 3.05) is 0 Å². The Morgan fingerprint density at radius 1 is 1.57 bits per heavy atom. The number of hydrogen-bond acceptors (Lipinski definition) is 5. The number of nitrogens with zero attached hydrogens (tertiary/aromatic N) is 1. The second-order valence-electron chi connectivity index (χ2n) is 4.64. The van der Waals surface area contributed by atoms with Gasteiger partial charge in [0.25, 0.3) is 5.91 Å². The number of aliphatic carboxylic acids is 1. The minimum Gasteiger partial charge on any atom is -0.480 e. The lowest BCUT2D eigenvalue weighted by Gasteiger charge is -2.22. The van der Waals surface area contributed by atoms with E-state index in [0.717, 1.165) is 17.5 Å². The highest BCUT2D eigenvalue weighted by atomic mass is 32.2. The molecule has 1 aliphatic heterocycles. The van der Waals surface area contributed by atoms with Crippen molar-refractivity contribution in [2.45, 2.75) is 32.7 Å². The highest BCUT2D eigenvalue weighted by Gasteiger charge is 2.40. The molecule has 0 spiro atoms. The normalized spacial score (nSPS) is 18.6. The number of thioether (sulfide) groups is 1. The zero-order valence-corrected chi connectivity index (χ0v) is 13.3. The number of aryl methyl sites for hydroxylation is 1. The Kier molecular flexibility index (Phi) is 4.84. The third-order valence-corrected chi connectivity index (χ3v) is 4.35. The van der Waals surface area contributed by atoms with E-state index >= 15 is 0 Å². The number of hydrogen-bond donors (Lipinski definition) is 1. The fraction of sp³-hybridized carbons (Fsp3) is 0.357. The van der Waals surface area contributed by atoms with E-state index in [0.29, 0.717) is 23.5 Å². The maximum absolute atomic E-state index is 12.4. The van der Waals surface area contributed by atoms with Gasteiger partial charge in [-0.3, -0.25) is 9.69 Å². The summed E-state index contributed by atoms with van der Waals surface area (Å²) in [6.07, 6.45) is 2.62. The number of carbonyl (C=O) groups excluding carboxylic acids is 1. The van der Waals surface area contributed by atoms with Crippen LogP contribution in [0.15, 0.2) is 21.5 Å². The first-order valence-electron chi connectivity index (χ1n) is 6.50. The van der Waals surface area contributed by atoms with Crippen LogP contribution in [0.4, 0.5) is 0 Å². The van der Waals surface area contributed by atoms with Crippen LogP contribution in [0.3, 0.4) is 0 Å². The van der Waals surface area contributed by atoms with Crippen molar-refractivity contribution >= 4 is 46.3 Å². The van der Waals surface area contributed by atoms with E-state index in [1.807, 2.05) is 13.8 Å². The fourth-order valence-corrected chi connectivity index (χ4v) is 3.38. The van der Waals surface area contributed by atoms with Gasteiger partial charge in [-0.15, -0.1) is 0 Å². The zero-order valence-electron chi connectivity index (χ0n) is 11.7. The molecule has 1 saturated heterocycles. The van der Waals surface area contributed by atoms with Crippen molar-refractivity contribution in [3.63, 3.8) is 0 Å². The van der Waals surface area contributed by atoms with Gasteiger partial charge in [0, 0.05) is 6.08 Å². The molecule has 7 heteroatoms. The molecular formula is C14H15NO4S2. The van der Waals surface area contributed by atoms with Crippen LogP contribution < -0.4 is 0 Å². The Morgan fingerprint density at radius 2 is 2.29 bits per heavy atom. The number of carbonyl (C=O) groups is 2. The van der Waals surface area contributed by atoms with E-state index in [-0.39, 0.29) is 10.2 Å².